The van der Waals surface area contributed by atoms with Gasteiger partial charge in [-0.3, -0.25) is 33.6 Å². The van der Waals surface area contributed by atoms with Crippen LogP contribution in [0.1, 0.15) is 191 Å². The first-order chi connectivity index (χ1) is 66.4. The lowest BCUT2D eigenvalue weighted by Crippen LogP contribution is -2.46. The zero-order valence-corrected chi connectivity index (χ0v) is 84.0. The average molecular weight is 1940 g/mol. The molecule has 5 heterocycles. The van der Waals surface area contributed by atoms with E-state index in [-0.39, 0.29) is 170 Å². The van der Waals surface area contributed by atoms with Crippen molar-refractivity contribution in [2.24, 2.45) is 94.5 Å². The first kappa shape index (κ1) is 109. The van der Waals surface area contributed by atoms with E-state index < -0.39 is 51.4 Å². The molecule has 5 saturated heterocycles. The normalized spacial score (nSPS) is 26.3. The number of ether oxygens (including phenoxy) is 9. The van der Waals surface area contributed by atoms with Crippen LogP contribution >= 0.6 is 0 Å². The van der Waals surface area contributed by atoms with Gasteiger partial charge in [-0.1, -0.05) is 107 Å². The Morgan fingerprint density at radius 3 is 0.929 bits per heavy atom. The third-order valence-electron chi connectivity index (χ3n) is 31.7. The Kier molecular flexibility index (Phi) is 36.2. The van der Waals surface area contributed by atoms with Gasteiger partial charge in [0.2, 0.25) is 5.91 Å². The summed E-state index contributed by atoms with van der Waals surface area (Å²) in [5.41, 5.74) is 17.1. The summed E-state index contributed by atoms with van der Waals surface area (Å²) < 4.78 is 139. The van der Waals surface area contributed by atoms with Crippen LogP contribution < -0.4 is 35.7 Å². The van der Waals surface area contributed by atoms with E-state index in [1.165, 1.54) is 83.9 Å². The van der Waals surface area contributed by atoms with Crippen LogP contribution in [0.4, 0.5) is 37.7 Å². The molecule has 10 aliphatic rings. The van der Waals surface area contributed by atoms with Crippen molar-refractivity contribution < 1.29 is 108 Å². The molecular weight excluding hydrogens is 1800 g/mol. The first-order valence-electron chi connectivity index (χ1n) is 48.9. The number of hydrogen-bond acceptors (Lipinski definition) is 18. The van der Waals surface area contributed by atoms with Gasteiger partial charge in [0.15, 0.2) is 40.4 Å². The van der Waals surface area contributed by atoms with E-state index in [1.54, 1.807) is 66.8 Å². The molecule has 15 rings (SSSR count). The predicted octanol–water partition coefficient (Wildman–Crippen LogP) is 21.6. The Hall–Kier alpha value is -11.0. The van der Waals surface area contributed by atoms with Gasteiger partial charge < -0.3 is 64.5 Å². The smallest absolute Gasteiger partial charge is 0.252 e. The van der Waals surface area contributed by atoms with E-state index in [0.29, 0.717) is 167 Å². The van der Waals surface area contributed by atoms with Crippen molar-refractivity contribution in [1.82, 2.24) is 0 Å². The fraction of sp³-hybridized carbons (Fsp3) is 0.500. The number of fused-ring (bicyclic) bond motifs is 5. The van der Waals surface area contributed by atoms with Crippen molar-refractivity contribution in [3.8, 4) is 28.7 Å². The van der Waals surface area contributed by atoms with Crippen LogP contribution in [-0.4, -0.2) is 135 Å². The van der Waals surface area contributed by atoms with Gasteiger partial charge in [0, 0.05) is 60.8 Å². The van der Waals surface area contributed by atoms with Crippen LogP contribution in [0.25, 0.3) is 0 Å². The second kappa shape index (κ2) is 46.4. The lowest BCUT2D eigenvalue weighted by Gasteiger charge is -2.42. The first-order valence-corrected chi connectivity index (χ1v) is 48.9. The Labute approximate surface area is 821 Å². The summed E-state index contributed by atoms with van der Waals surface area (Å²) in [4.78, 5) is 86.1. The van der Waals surface area contributed by atoms with Crippen molar-refractivity contribution >= 4 is 52.1 Å². The quantitative estimate of drug-likeness (QED) is 0.0177. The number of hydrogen-bond donors (Lipinski definition) is 4. The summed E-state index contributed by atoms with van der Waals surface area (Å²) in [5.74, 6) is -2.89. The number of primary amides is 1. The lowest BCUT2D eigenvalue weighted by molar-refractivity contribution is -0.125. The molecule has 20 nitrogen and oxygen atoms in total. The summed E-state index contributed by atoms with van der Waals surface area (Å²) in [6, 6.07) is 13.8. The van der Waals surface area contributed by atoms with E-state index in [9.17, 15) is 65.0 Å². The number of benzene rings is 5. The van der Waals surface area contributed by atoms with Gasteiger partial charge >= 0.3 is 0 Å². The van der Waals surface area contributed by atoms with Crippen LogP contribution in [0.15, 0.2) is 182 Å². The highest BCUT2D eigenvalue weighted by atomic mass is 19.1. The minimum Gasteiger partial charge on any atom is -0.504 e. The third-order valence-corrected chi connectivity index (χ3v) is 31.7. The van der Waals surface area contributed by atoms with E-state index in [1.807, 2.05) is 75.3 Å². The number of halogens is 6. The molecule has 26 heteroatoms. The maximum atomic E-state index is 14.8. The van der Waals surface area contributed by atoms with Gasteiger partial charge in [0.25, 0.3) is 5.91 Å². The van der Waals surface area contributed by atoms with Crippen molar-refractivity contribution in [3.63, 3.8) is 0 Å². The monoisotopic (exact) mass is 1940 g/mol. The highest BCUT2D eigenvalue weighted by Crippen LogP contribution is 2.55. The van der Waals surface area contributed by atoms with Crippen LogP contribution in [0.2, 0.25) is 0 Å². The third kappa shape index (κ3) is 22.8. The number of phenols is 1. The van der Waals surface area contributed by atoms with Crippen molar-refractivity contribution in [2.75, 3.05) is 72.5 Å². The molecule has 6 N–H and O–H groups in total. The molecule has 0 spiro atoms. The molecule has 0 saturated carbocycles. The number of carbonyl (C=O) groups is 7. The van der Waals surface area contributed by atoms with Crippen LogP contribution in [0, 0.1) is 124 Å². The number of aryl methyl sites for hydroxylation is 1. The molecule has 0 aromatic heterocycles. The maximum Gasteiger partial charge on any atom is 0.252 e. The van der Waals surface area contributed by atoms with Crippen molar-refractivity contribution in [2.45, 2.75) is 214 Å². The number of nitrogens with one attached hydrogen (secondary N) is 1. The number of nitrogens with two attached hydrogens (primary N) is 2. The molecular formula is C114H141F6N3O17. The number of phenolic OH excluding ortho intramolecular Hbond substituents is 1. The standard InChI is InChI=1S/C24H30FNO4.C23H28F2O2.C23H28FNO4.C22H28FNO3.C22H27FO4/c1-6-14(2)19-13-24(18(7-8-30-24)11-22(19)28)15(3)9-17-10-21(26-16(4)27)23(29-5)12-20(17)25;1-5-14(3)19-13-23(18(7-8-27-23)12-22(19)26)15(4)9-17-11-20(24)16(6-2)10-21(17)25;1-5-13(2)18-12-23(16(6-7-29-23)10-20(18)26)14(3)8-15-9-17(22(25)27)21(28-4)11-19(15)24;1-5-13(2)17-12-22(16(6-7-27-22)10-20(17)25)14(3)8-15-9-19(24)21(26-4)11-18(15)23;1-5-13(2)17-12-22(16(6-7-27-22)10-19(17)24)14(3)8-15-9-20(25)21(26-4)11-18(15)23/h6,10-12,14-15,19H,1,7-9,13H2,2-5H3,(H,26,27);5,10-12,14-15,19H,1,6-9,13H2,2-4H3;5,9-11,13-14,18H,1,6-8,12H2,2-4H3,(H2,25,27);5,9-11,13-14,17H,1,6-8,12,24H2,2-4H3;5,9-11,13-14,17,25H,1,6-8,12H2,2-4H3/t14?,15?,19-,24-;14?,15?,19-,23-;13?,14?,18-,23-;2*13?,14?,17-,22-/m11111/s1. The molecule has 5 aromatic rings. The van der Waals surface area contributed by atoms with Crippen LogP contribution in [0.3, 0.4) is 0 Å². The highest BCUT2D eigenvalue weighted by Gasteiger charge is 2.57. The van der Waals surface area contributed by atoms with E-state index in [4.69, 9.17) is 54.1 Å². The molecule has 20 atom stereocenters. The number of anilines is 2. The van der Waals surface area contributed by atoms with Gasteiger partial charge in [-0.05, 0) is 290 Å². The number of allylic oxidation sites excluding steroid dienone is 10. The molecule has 140 heavy (non-hydrogen) atoms. The second-order valence-electron chi connectivity index (χ2n) is 39.9. The average Bonchev–Trinajstić information content (AvgIpc) is 1.57. The minimum absolute atomic E-state index is 0.00107. The summed E-state index contributed by atoms with van der Waals surface area (Å²) in [6.45, 7) is 45.2. The molecule has 5 aliphatic carbocycles. The van der Waals surface area contributed by atoms with E-state index in [0.717, 1.165) is 47.1 Å². The SMILES string of the molecule is C=CC(C)[C@H]1C[C@]2(C(C)Cc3cc(C(N)=O)c(OC)cc3F)OCCC2=CC1=O.C=CC(C)[C@H]1C[C@]2(C(C)Cc3cc(F)c(CC)cc3F)OCCC2=CC1=O.C=CC(C)[C@H]1C[C@]2(C(C)Cc3cc(N)c(OC)cc3F)OCCC2=CC1=O.C=CC(C)[C@H]1C[C@]2(C(C)Cc3cc(NC(C)=O)c(OC)cc3F)OCCC2=CC1=O.C=CC(C)[C@H]1C[C@]2(C(C)Cc3cc(O)c(OC)cc3F)OCCC2=CC1=O. The zero-order chi connectivity index (χ0) is 103. The largest absolute Gasteiger partial charge is 0.504 e. The fourth-order valence-electron chi connectivity index (χ4n) is 22.8. The number of methoxy groups -OCH3 is 4. The van der Waals surface area contributed by atoms with Gasteiger partial charge in [0.05, 0.1) is 106 Å². The maximum absolute atomic E-state index is 14.8. The van der Waals surface area contributed by atoms with Crippen molar-refractivity contribution in [3.05, 3.63) is 256 Å². The second-order valence-corrected chi connectivity index (χ2v) is 39.9. The lowest BCUT2D eigenvalue weighted by atomic mass is 9.66. The predicted molar refractivity (Wildman–Crippen MR) is 530 cm³/mol. The number of carbonyl (C=O) groups excluding carboxylic acids is 7. The molecule has 5 aromatic carbocycles. The minimum atomic E-state index is -0.672. The molecule has 756 valence electrons. The Morgan fingerprint density at radius 1 is 0.393 bits per heavy atom. The Bertz CT molecular complexity index is 5400. The van der Waals surface area contributed by atoms with Gasteiger partial charge in [-0.25, -0.2) is 26.3 Å². The number of rotatable bonds is 32. The summed E-state index contributed by atoms with van der Waals surface area (Å²) >= 11 is 0. The number of aromatic hydroxyl groups is 1. The highest BCUT2D eigenvalue weighted by molar-refractivity contribution is 5.98. The number of nitrogen functional groups attached to an aromatic ring is 1. The summed E-state index contributed by atoms with van der Waals surface area (Å²) in [6.07, 6.45) is 26.6. The fourth-order valence-corrected chi connectivity index (χ4v) is 22.8. The number of amides is 2. The molecule has 10 unspecified atom stereocenters. The van der Waals surface area contributed by atoms with Crippen LogP contribution in [-0.2, 0) is 91.0 Å². The van der Waals surface area contributed by atoms with Crippen molar-refractivity contribution in [1.29, 1.82) is 0 Å². The number of ketones is 5. The van der Waals surface area contributed by atoms with Gasteiger partial charge in [-0.15, -0.1) is 32.9 Å². The topological polar surface area (TPSA) is 287 Å². The van der Waals surface area contributed by atoms with Gasteiger partial charge in [0.1, 0.15) is 52.2 Å². The molecule has 5 aliphatic heterocycles. The van der Waals surface area contributed by atoms with E-state index in [2.05, 4.69) is 45.1 Å². The molecule has 2 amide bonds. The summed E-state index contributed by atoms with van der Waals surface area (Å²) in [5, 5.41) is 12.7. The van der Waals surface area contributed by atoms with Gasteiger partial charge in [-0.2, -0.15) is 0 Å². The Morgan fingerprint density at radius 2 is 0.643 bits per heavy atom. The van der Waals surface area contributed by atoms with Crippen LogP contribution in [0.5, 0.6) is 28.7 Å². The molecule has 5 fully saturated rings. The molecule has 0 bridgehead atoms. The zero-order valence-electron chi connectivity index (χ0n) is 84.0. The van der Waals surface area contributed by atoms with E-state index >= 15 is 0 Å². The Balaban J connectivity index is 0.000000168. The molecule has 0 radical (unpaired) electrons. The summed E-state index contributed by atoms with van der Waals surface area (Å²) in [7, 11) is 5.66.